The molecule has 1 N–H and O–H groups in total. The van der Waals surface area contributed by atoms with Crippen LogP contribution in [0, 0.1) is 0 Å². The number of nitrogens with zero attached hydrogens (tertiary/aromatic N) is 2. The molecule has 0 unspecified atom stereocenters. The summed E-state index contributed by atoms with van der Waals surface area (Å²) in [6.45, 7) is 3.09. The summed E-state index contributed by atoms with van der Waals surface area (Å²) in [6.07, 6.45) is 0. The number of hydrogen-bond acceptors (Lipinski definition) is 4. The number of methoxy groups -OCH3 is 1. The lowest BCUT2D eigenvalue weighted by Gasteiger charge is -2.20. The van der Waals surface area contributed by atoms with E-state index in [1.54, 1.807) is 36.3 Å². The quantitative estimate of drug-likeness (QED) is 0.741. The number of ether oxygens (including phenoxy) is 1. The van der Waals surface area contributed by atoms with Gasteiger partial charge in [-0.1, -0.05) is 24.3 Å². The zero-order valence-corrected chi connectivity index (χ0v) is 14.9. The molecular weight excluding hydrogens is 330 g/mol. The lowest BCUT2D eigenvalue weighted by Crippen LogP contribution is -2.32. The van der Waals surface area contributed by atoms with Gasteiger partial charge in [0.05, 0.1) is 24.1 Å². The van der Waals surface area contributed by atoms with Gasteiger partial charge < -0.3 is 14.6 Å². The Morgan fingerprint density at radius 3 is 2.77 bits per heavy atom. The summed E-state index contributed by atoms with van der Waals surface area (Å²) in [5, 5.41) is 0.540. The van der Waals surface area contributed by atoms with Crippen LogP contribution in [0.4, 0.5) is 0 Å². The highest BCUT2D eigenvalue weighted by atomic mass is 16.5. The van der Waals surface area contributed by atoms with Gasteiger partial charge in [0.15, 0.2) is 0 Å². The van der Waals surface area contributed by atoms with E-state index >= 15 is 0 Å². The third-order valence-electron chi connectivity index (χ3n) is 4.16. The Labute approximate surface area is 151 Å². The first-order chi connectivity index (χ1) is 12.6. The normalized spacial score (nSPS) is 10.8. The van der Waals surface area contributed by atoms with Gasteiger partial charge in [-0.15, -0.1) is 0 Å². The number of amides is 1. The number of carbonyl (C=O) groups is 1. The summed E-state index contributed by atoms with van der Waals surface area (Å²) >= 11 is 0. The molecule has 0 spiro atoms. The summed E-state index contributed by atoms with van der Waals surface area (Å²) in [4.78, 5) is 34.0. The van der Waals surface area contributed by atoms with Gasteiger partial charge in [0.2, 0.25) is 0 Å². The molecule has 0 aliphatic carbocycles. The lowest BCUT2D eigenvalue weighted by atomic mass is 10.1. The molecule has 134 valence electrons. The molecule has 0 aliphatic rings. The summed E-state index contributed by atoms with van der Waals surface area (Å²) < 4.78 is 5.12. The van der Waals surface area contributed by atoms with Crippen LogP contribution in [-0.4, -0.2) is 34.4 Å². The zero-order valence-electron chi connectivity index (χ0n) is 14.9. The van der Waals surface area contributed by atoms with Crippen LogP contribution in [0.15, 0.2) is 53.3 Å². The summed E-state index contributed by atoms with van der Waals surface area (Å²) in [5.41, 5.74) is 1.95. The molecule has 0 bridgehead atoms. The van der Waals surface area contributed by atoms with Crippen LogP contribution >= 0.6 is 0 Å². The smallest absolute Gasteiger partial charge is 0.258 e. The van der Waals surface area contributed by atoms with Crippen molar-refractivity contribution in [3.8, 4) is 0 Å². The van der Waals surface area contributed by atoms with Crippen LogP contribution < -0.4 is 5.56 Å². The van der Waals surface area contributed by atoms with Crippen LogP contribution in [-0.2, 0) is 17.9 Å². The highest BCUT2D eigenvalue weighted by Crippen LogP contribution is 2.12. The van der Waals surface area contributed by atoms with Crippen molar-refractivity contribution in [2.75, 3.05) is 13.7 Å². The van der Waals surface area contributed by atoms with Gasteiger partial charge >= 0.3 is 0 Å². The minimum atomic E-state index is -0.198. The van der Waals surface area contributed by atoms with Gasteiger partial charge in [-0.25, -0.2) is 4.98 Å². The molecule has 0 saturated carbocycles. The van der Waals surface area contributed by atoms with Crippen molar-refractivity contribution in [2.24, 2.45) is 0 Å². The number of rotatable bonds is 6. The maximum absolute atomic E-state index is 12.9. The number of fused-ring (bicyclic) bond motifs is 1. The van der Waals surface area contributed by atoms with E-state index in [0.717, 1.165) is 5.56 Å². The standard InChI is InChI=1S/C20H21N3O3/c1-3-23(20(25)15-8-6-7-14(11-15)13-26-2)12-18-21-17-10-5-4-9-16(17)19(24)22-18/h4-11H,3,12-13H2,1-2H3,(H,21,22,24). The fourth-order valence-electron chi connectivity index (χ4n) is 2.86. The Bertz CT molecular complexity index is 981. The largest absolute Gasteiger partial charge is 0.380 e. The number of aromatic nitrogens is 2. The molecule has 0 aliphatic heterocycles. The number of para-hydroxylation sites is 1. The number of aromatic amines is 1. The van der Waals surface area contributed by atoms with Crippen LogP contribution in [0.3, 0.4) is 0 Å². The first kappa shape index (κ1) is 17.8. The van der Waals surface area contributed by atoms with Gasteiger partial charge in [0, 0.05) is 19.2 Å². The third-order valence-corrected chi connectivity index (χ3v) is 4.16. The Balaban J connectivity index is 1.86. The molecule has 6 heteroatoms. The molecular formula is C20H21N3O3. The molecule has 1 aromatic heterocycles. The van der Waals surface area contributed by atoms with E-state index in [0.29, 0.717) is 35.4 Å². The molecule has 3 aromatic rings. The Morgan fingerprint density at radius 2 is 2.00 bits per heavy atom. The maximum Gasteiger partial charge on any atom is 0.258 e. The van der Waals surface area contributed by atoms with Crippen molar-refractivity contribution in [1.29, 1.82) is 0 Å². The molecule has 1 amide bonds. The summed E-state index contributed by atoms with van der Waals surface area (Å²) in [5.74, 6) is 0.359. The van der Waals surface area contributed by atoms with Crippen molar-refractivity contribution in [3.05, 3.63) is 75.8 Å². The molecule has 26 heavy (non-hydrogen) atoms. The molecule has 0 radical (unpaired) electrons. The SMILES string of the molecule is CCN(Cc1nc2ccccc2c(=O)[nH]1)C(=O)c1cccc(COC)c1. The van der Waals surface area contributed by atoms with E-state index in [9.17, 15) is 9.59 Å². The Morgan fingerprint density at radius 1 is 1.19 bits per heavy atom. The monoisotopic (exact) mass is 351 g/mol. The predicted molar refractivity (Wildman–Crippen MR) is 99.9 cm³/mol. The molecule has 0 saturated heterocycles. The predicted octanol–water partition coefficient (Wildman–Crippen LogP) is 2.73. The highest BCUT2D eigenvalue weighted by Gasteiger charge is 2.16. The molecule has 0 fully saturated rings. The number of carbonyl (C=O) groups excluding carboxylic acids is 1. The van der Waals surface area contributed by atoms with E-state index in [2.05, 4.69) is 9.97 Å². The van der Waals surface area contributed by atoms with E-state index in [1.807, 2.05) is 31.2 Å². The van der Waals surface area contributed by atoms with Crippen molar-refractivity contribution in [2.45, 2.75) is 20.1 Å². The molecule has 1 heterocycles. The van der Waals surface area contributed by atoms with Crippen LogP contribution in [0.1, 0.15) is 28.7 Å². The second kappa shape index (κ2) is 7.93. The Kier molecular flexibility index (Phi) is 5.43. The van der Waals surface area contributed by atoms with E-state index < -0.39 is 0 Å². The maximum atomic E-state index is 12.9. The minimum absolute atomic E-state index is 0.110. The van der Waals surface area contributed by atoms with Crippen molar-refractivity contribution >= 4 is 16.8 Å². The van der Waals surface area contributed by atoms with Crippen molar-refractivity contribution in [3.63, 3.8) is 0 Å². The highest BCUT2D eigenvalue weighted by molar-refractivity contribution is 5.94. The number of benzene rings is 2. The topological polar surface area (TPSA) is 75.3 Å². The minimum Gasteiger partial charge on any atom is -0.380 e. The second-order valence-corrected chi connectivity index (χ2v) is 5.98. The fraction of sp³-hybridized carbons (Fsp3) is 0.250. The van der Waals surface area contributed by atoms with Crippen LogP contribution in [0.2, 0.25) is 0 Å². The van der Waals surface area contributed by atoms with E-state index in [4.69, 9.17) is 4.74 Å². The van der Waals surface area contributed by atoms with Gasteiger partial charge in [0.25, 0.3) is 11.5 Å². The summed E-state index contributed by atoms with van der Waals surface area (Å²) in [7, 11) is 1.62. The average molecular weight is 351 g/mol. The second-order valence-electron chi connectivity index (χ2n) is 5.98. The van der Waals surface area contributed by atoms with Gasteiger partial charge in [-0.2, -0.15) is 0 Å². The first-order valence-corrected chi connectivity index (χ1v) is 8.47. The first-order valence-electron chi connectivity index (χ1n) is 8.47. The van der Waals surface area contributed by atoms with Crippen molar-refractivity contribution in [1.82, 2.24) is 14.9 Å². The third kappa shape index (κ3) is 3.81. The lowest BCUT2D eigenvalue weighted by molar-refractivity contribution is 0.0748. The van der Waals surface area contributed by atoms with Gasteiger partial charge in [-0.3, -0.25) is 9.59 Å². The fourth-order valence-corrected chi connectivity index (χ4v) is 2.86. The van der Waals surface area contributed by atoms with Crippen LogP contribution in [0.25, 0.3) is 10.9 Å². The molecule has 3 rings (SSSR count). The van der Waals surface area contributed by atoms with Crippen LogP contribution in [0.5, 0.6) is 0 Å². The molecule has 6 nitrogen and oxygen atoms in total. The molecule has 2 aromatic carbocycles. The van der Waals surface area contributed by atoms with E-state index in [-0.39, 0.29) is 18.0 Å². The average Bonchev–Trinajstić information content (AvgIpc) is 2.66. The number of nitrogens with one attached hydrogen (secondary N) is 1. The molecule has 0 atom stereocenters. The zero-order chi connectivity index (χ0) is 18.5. The summed E-state index contributed by atoms with van der Waals surface area (Å²) in [6, 6.07) is 14.5. The van der Waals surface area contributed by atoms with E-state index in [1.165, 1.54) is 0 Å². The Hall–Kier alpha value is -2.99. The number of H-pyrrole nitrogens is 1. The number of hydrogen-bond donors (Lipinski definition) is 1. The van der Waals surface area contributed by atoms with Crippen molar-refractivity contribution < 1.29 is 9.53 Å². The van der Waals surface area contributed by atoms with Gasteiger partial charge in [-0.05, 0) is 36.8 Å². The van der Waals surface area contributed by atoms with Gasteiger partial charge in [0.1, 0.15) is 5.82 Å².